The van der Waals surface area contributed by atoms with Crippen LogP contribution in [0.15, 0.2) is 69.4 Å². The SMILES string of the molecule is C[C@@H]1Cc2nc(SCC(=O)Nc3nc4ccccc4s3)n(Cc3ccccc3)c(=O)c2S1. The number of thioether (sulfide) groups is 2. The molecule has 1 atom stereocenters. The normalized spacial score (nSPS) is 15.1. The Morgan fingerprint density at radius 3 is 2.75 bits per heavy atom. The van der Waals surface area contributed by atoms with Gasteiger partial charge in [-0.15, -0.1) is 11.8 Å². The molecule has 2 aromatic heterocycles. The summed E-state index contributed by atoms with van der Waals surface area (Å²) in [7, 11) is 0. The number of benzene rings is 2. The minimum absolute atomic E-state index is 0.0257. The second-order valence-corrected chi connectivity index (χ2v) is 10.9. The molecule has 1 aliphatic rings. The predicted molar refractivity (Wildman–Crippen MR) is 132 cm³/mol. The number of fused-ring (bicyclic) bond motifs is 2. The smallest absolute Gasteiger partial charge is 0.268 e. The molecule has 0 radical (unpaired) electrons. The second kappa shape index (κ2) is 9.09. The number of thiazole rings is 1. The Kier molecular flexibility index (Phi) is 6.03. The van der Waals surface area contributed by atoms with Gasteiger partial charge >= 0.3 is 0 Å². The number of carbonyl (C=O) groups is 1. The van der Waals surface area contributed by atoms with E-state index >= 15 is 0 Å². The van der Waals surface area contributed by atoms with Gasteiger partial charge in [0.05, 0.1) is 33.1 Å². The van der Waals surface area contributed by atoms with Gasteiger partial charge in [-0.2, -0.15) is 0 Å². The molecule has 0 aliphatic carbocycles. The van der Waals surface area contributed by atoms with E-state index in [1.807, 2.05) is 54.6 Å². The molecule has 0 bridgehead atoms. The van der Waals surface area contributed by atoms with E-state index in [0.29, 0.717) is 22.1 Å². The van der Waals surface area contributed by atoms with Crippen LogP contribution in [0.25, 0.3) is 10.2 Å². The van der Waals surface area contributed by atoms with E-state index in [9.17, 15) is 9.59 Å². The maximum Gasteiger partial charge on any atom is 0.268 e. The summed E-state index contributed by atoms with van der Waals surface area (Å²) in [5, 5.41) is 4.35. The van der Waals surface area contributed by atoms with Crippen molar-refractivity contribution in [2.24, 2.45) is 0 Å². The number of carbonyl (C=O) groups excluding carboxylic acids is 1. The third kappa shape index (κ3) is 4.46. The van der Waals surface area contributed by atoms with Crippen LogP contribution in [0.1, 0.15) is 18.2 Å². The van der Waals surface area contributed by atoms with E-state index in [0.717, 1.165) is 32.8 Å². The summed E-state index contributed by atoms with van der Waals surface area (Å²) in [6.07, 6.45) is 0.771. The summed E-state index contributed by atoms with van der Waals surface area (Å²) >= 11 is 4.32. The lowest BCUT2D eigenvalue weighted by Crippen LogP contribution is -2.26. The largest absolute Gasteiger partial charge is 0.301 e. The molecule has 32 heavy (non-hydrogen) atoms. The van der Waals surface area contributed by atoms with Crippen LogP contribution in [-0.4, -0.2) is 31.4 Å². The molecule has 1 aliphatic heterocycles. The lowest BCUT2D eigenvalue weighted by Gasteiger charge is -2.13. The molecule has 9 heteroatoms. The maximum atomic E-state index is 13.2. The van der Waals surface area contributed by atoms with Crippen molar-refractivity contribution in [2.45, 2.75) is 35.2 Å². The Labute approximate surface area is 197 Å². The highest BCUT2D eigenvalue weighted by molar-refractivity contribution is 8.00. The number of hydrogen-bond acceptors (Lipinski definition) is 7. The summed E-state index contributed by atoms with van der Waals surface area (Å²) in [5.74, 6) is -0.0173. The van der Waals surface area contributed by atoms with Crippen molar-refractivity contribution in [1.29, 1.82) is 0 Å². The van der Waals surface area contributed by atoms with Crippen LogP contribution in [-0.2, 0) is 17.8 Å². The zero-order valence-corrected chi connectivity index (χ0v) is 19.7. The average Bonchev–Trinajstić information content (AvgIpc) is 3.37. The fourth-order valence-electron chi connectivity index (χ4n) is 3.56. The topological polar surface area (TPSA) is 76.9 Å². The van der Waals surface area contributed by atoms with Gasteiger partial charge in [-0.25, -0.2) is 9.97 Å². The first-order chi connectivity index (χ1) is 15.6. The van der Waals surface area contributed by atoms with E-state index < -0.39 is 0 Å². The van der Waals surface area contributed by atoms with Crippen LogP contribution < -0.4 is 10.9 Å². The van der Waals surface area contributed by atoms with Gasteiger partial charge in [0, 0.05) is 11.7 Å². The standard InChI is InChI=1S/C23H20N4O2S3/c1-14-11-17-20(31-14)21(29)27(12-15-7-3-2-4-8-15)23(25-17)30-13-19(28)26-22-24-16-9-5-6-10-18(16)32-22/h2-10,14H,11-13H2,1H3,(H,24,26,28)/t14-/m1/s1. The molecule has 0 spiro atoms. The van der Waals surface area contributed by atoms with Crippen molar-refractivity contribution >= 4 is 56.1 Å². The molecule has 0 fully saturated rings. The van der Waals surface area contributed by atoms with Gasteiger partial charge < -0.3 is 5.32 Å². The van der Waals surface area contributed by atoms with Gasteiger partial charge in [-0.1, -0.05) is 72.5 Å². The summed E-state index contributed by atoms with van der Waals surface area (Å²) in [6.45, 7) is 2.53. The molecule has 4 aromatic rings. The van der Waals surface area contributed by atoms with Crippen molar-refractivity contribution in [3.8, 4) is 0 Å². The second-order valence-electron chi connectivity index (χ2n) is 7.50. The molecular formula is C23H20N4O2S3. The highest BCUT2D eigenvalue weighted by Gasteiger charge is 2.26. The van der Waals surface area contributed by atoms with Gasteiger partial charge in [-0.05, 0) is 17.7 Å². The van der Waals surface area contributed by atoms with E-state index in [1.54, 1.807) is 16.3 Å². The molecule has 0 saturated heterocycles. The number of amides is 1. The Morgan fingerprint density at radius 2 is 1.94 bits per heavy atom. The first-order valence-electron chi connectivity index (χ1n) is 10.2. The molecular weight excluding hydrogens is 460 g/mol. The Balaban J connectivity index is 1.37. The lowest BCUT2D eigenvalue weighted by molar-refractivity contribution is -0.113. The Hall–Kier alpha value is -2.62. The van der Waals surface area contributed by atoms with Crippen molar-refractivity contribution in [2.75, 3.05) is 11.1 Å². The van der Waals surface area contributed by atoms with Gasteiger partial charge in [0.2, 0.25) is 5.91 Å². The molecule has 1 amide bonds. The molecule has 0 unspecified atom stereocenters. The third-order valence-electron chi connectivity index (χ3n) is 5.02. The zero-order valence-electron chi connectivity index (χ0n) is 17.3. The predicted octanol–water partition coefficient (Wildman–Crippen LogP) is 4.67. The van der Waals surface area contributed by atoms with Crippen molar-refractivity contribution in [1.82, 2.24) is 14.5 Å². The fourth-order valence-corrected chi connectivity index (χ4v) is 6.37. The highest BCUT2D eigenvalue weighted by Crippen LogP contribution is 2.34. The molecule has 3 heterocycles. The van der Waals surface area contributed by atoms with Crippen molar-refractivity contribution < 1.29 is 4.79 Å². The van der Waals surface area contributed by atoms with Gasteiger partial charge in [0.25, 0.3) is 5.56 Å². The van der Waals surface area contributed by atoms with Gasteiger partial charge in [0.1, 0.15) is 0 Å². The number of hydrogen-bond donors (Lipinski definition) is 1. The third-order valence-corrected chi connectivity index (χ3v) is 8.16. The molecule has 5 rings (SSSR count). The number of rotatable bonds is 6. The Bertz CT molecular complexity index is 1320. The number of aromatic nitrogens is 3. The Morgan fingerprint density at radius 1 is 1.16 bits per heavy atom. The van der Waals surface area contributed by atoms with Crippen LogP contribution in [0.5, 0.6) is 0 Å². The van der Waals surface area contributed by atoms with Crippen LogP contribution in [0.2, 0.25) is 0 Å². The first kappa shape index (κ1) is 21.2. The van der Waals surface area contributed by atoms with Crippen LogP contribution >= 0.6 is 34.9 Å². The molecule has 162 valence electrons. The van der Waals surface area contributed by atoms with Crippen LogP contribution in [0, 0.1) is 0 Å². The van der Waals surface area contributed by atoms with Crippen molar-refractivity contribution in [3.05, 3.63) is 76.2 Å². The monoisotopic (exact) mass is 480 g/mol. The summed E-state index contributed by atoms with van der Waals surface area (Å²) < 4.78 is 2.72. The fraction of sp³-hybridized carbons (Fsp3) is 0.217. The number of para-hydroxylation sites is 1. The number of nitrogens with zero attached hydrogens (tertiary/aromatic N) is 3. The summed E-state index contributed by atoms with van der Waals surface area (Å²) in [6, 6.07) is 17.6. The summed E-state index contributed by atoms with van der Waals surface area (Å²) in [4.78, 5) is 35.8. The lowest BCUT2D eigenvalue weighted by atomic mass is 10.2. The molecule has 1 N–H and O–H groups in total. The molecule has 2 aromatic carbocycles. The highest BCUT2D eigenvalue weighted by atomic mass is 32.2. The number of nitrogens with one attached hydrogen (secondary N) is 1. The van der Waals surface area contributed by atoms with Crippen molar-refractivity contribution in [3.63, 3.8) is 0 Å². The quantitative estimate of drug-likeness (QED) is 0.319. The summed E-state index contributed by atoms with van der Waals surface area (Å²) in [5.41, 5.74) is 2.70. The maximum absolute atomic E-state index is 13.2. The van der Waals surface area contributed by atoms with Gasteiger partial charge in [0.15, 0.2) is 10.3 Å². The first-order valence-corrected chi connectivity index (χ1v) is 12.9. The molecule has 0 saturated carbocycles. The van der Waals surface area contributed by atoms with Crippen LogP contribution in [0.4, 0.5) is 5.13 Å². The van der Waals surface area contributed by atoms with E-state index in [4.69, 9.17) is 4.98 Å². The minimum atomic E-state index is -0.169. The van der Waals surface area contributed by atoms with Crippen LogP contribution in [0.3, 0.4) is 0 Å². The number of anilines is 1. The molecule has 6 nitrogen and oxygen atoms in total. The van der Waals surface area contributed by atoms with E-state index in [1.165, 1.54) is 23.1 Å². The zero-order chi connectivity index (χ0) is 22.1. The van der Waals surface area contributed by atoms with E-state index in [-0.39, 0.29) is 17.2 Å². The average molecular weight is 481 g/mol. The van der Waals surface area contributed by atoms with E-state index in [2.05, 4.69) is 17.2 Å². The van der Waals surface area contributed by atoms with Gasteiger partial charge in [-0.3, -0.25) is 14.2 Å². The minimum Gasteiger partial charge on any atom is -0.301 e.